The molecule has 1 amide bonds. The maximum Gasteiger partial charge on any atom is 0.220 e. The van der Waals surface area contributed by atoms with Gasteiger partial charge in [-0.3, -0.25) is 4.79 Å². The Bertz CT molecular complexity index is 268. The van der Waals surface area contributed by atoms with Crippen molar-refractivity contribution in [3.8, 4) is 0 Å². The predicted molar refractivity (Wildman–Crippen MR) is 78.9 cm³/mol. The lowest BCUT2D eigenvalue weighted by Gasteiger charge is -2.37. The molecule has 0 aromatic heterocycles. The van der Waals surface area contributed by atoms with E-state index in [1.807, 2.05) is 0 Å². The lowest BCUT2D eigenvalue weighted by molar-refractivity contribution is -0.124. The van der Waals surface area contributed by atoms with Gasteiger partial charge in [0.25, 0.3) is 0 Å². The summed E-state index contributed by atoms with van der Waals surface area (Å²) in [6, 6.07) is 0. The summed E-state index contributed by atoms with van der Waals surface area (Å²) >= 11 is 3.61. The van der Waals surface area contributed by atoms with E-state index in [1.165, 1.54) is 51.4 Å². The summed E-state index contributed by atoms with van der Waals surface area (Å²) in [4.78, 5) is 12.2. The number of hydrogen-bond acceptors (Lipinski definition) is 1. The Balaban J connectivity index is 1.81. The lowest BCUT2D eigenvalue weighted by atomic mass is 9.82. The molecule has 1 N–H and O–H groups in total. The summed E-state index contributed by atoms with van der Waals surface area (Å²) in [5.41, 5.74) is 0.0595. The molecule has 2 rings (SSSR count). The molecule has 3 heteroatoms. The highest BCUT2D eigenvalue weighted by Gasteiger charge is 2.32. The number of rotatable bonds is 4. The lowest BCUT2D eigenvalue weighted by Crippen LogP contribution is -2.51. The first-order valence-corrected chi connectivity index (χ1v) is 8.73. The first-order chi connectivity index (χ1) is 8.74. The van der Waals surface area contributed by atoms with Crippen LogP contribution in [0.15, 0.2) is 0 Å². The fourth-order valence-electron chi connectivity index (χ4n) is 3.52. The summed E-state index contributed by atoms with van der Waals surface area (Å²) in [5.74, 6) is 0.943. The minimum absolute atomic E-state index is 0.0595. The monoisotopic (exact) mass is 315 g/mol. The van der Waals surface area contributed by atoms with Crippen LogP contribution in [0.2, 0.25) is 0 Å². The minimum atomic E-state index is 0.0595. The van der Waals surface area contributed by atoms with E-state index in [-0.39, 0.29) is 5.54 Å². The first-order valence-electron chi connectivity index (χ1n) is 7.61. The van der Waals surface area contributed by atoms with Crippen LogP contribution in [0.1, 0.15) is 70.6 Å². The van der Waals surface area contributed by atoms with E-state index in [9.17, 15) is 4.79 Å². The average molecular weight is 316 g/mol. The second-order valence-electron chi connectivity index (χ2n) is 6.23. The third-order valence-electron chi connectivity index (χ3n) is 4.67. The van der Waals surface area contributed by atoms with Gasteiger partial charge in [0.05, 0.1) is 0 Å². The molecule has 0 bridgehead atoms. The number of carbonyl (C=O) groups is 1. The predicted octanol–water partition coefficient (Wildman–Crippen LogP) is 4.17. The van der Waals surface area contributed by atoms with Gasteiger partial charge in [0, 0.05) is 17.3 Å². The second kappa shape index (κ2) is 6.93. The van der Waals surface area contributed by atoms with Crippen LogP contribution in [0.4, 0.5) is 0 Å². The standard InChI is InChI=1S/C15H26BrNO/c16-12-15(9-5-2-6-10-15)17-14(18)11-13-7-3-1-4-8-13/h13H,1-12H2,(H,17,18). The van der Waals surface area contributed by atoms with E-state index < -0.39 is 0 Å². The van der Waals surface area contributed by atoms with Crippen molar-refractivity contribution in [2.45, 2.75) is 76.2 Å². The second-order valence-corrected chi connectivity index (χ2v) is 6.79. The molecule has 2 aliphatic carbocycles. The summed E-state index contributed by atoms with van der Waals surface area (Å²) in [7, 11) is 0. The highest BCUT2D eigenvalue weighted by molar-refractivity contribution is 9.09. The maximum absolute atomic E-state index is 12.2. The van der Waals surface area contributed by atoms with Gasteiger partial charge in [-0.2, -0.15) is 0 Å². The van der Waals surface area contributed by atoms with Gasteiger partial charge < -0.3 is 5.32 Å². The zero-order valence-electron chi connectivity index (χ0n) is 11.3. The first kappa shape index (κ1) is 14.4. The fourth-order valence-corrected chi connectivity index (χ4v) is 4.22. The van der Waals surface area contributed by atoms with Crippen molar-refractivity contribution in [3.05, 3.63) is 0 Å². The van der Waals surface area contributed by atoms with Crippen LogP contribution in [0, 0.1) is 5.92 Å². The van der Waals surface area contributed by atoms with Crippen LogP contribution in [-0.2, 0) is 4.79 Å². The van der Waals surface area contributed by atoms with Gasteiger partial charge in [0.1, 0.15) is 0 Å². The van der Waals surface area contributed by atoms with Crippen LogP contribution < -0.4 is 5.32 Å². The van der Waals surface area contributed by atoms with Crippen LogP contribution >= 0.6 is 15.9 Å². The van der Waals surface area contributed by atoms with E-state index >= 15 is 0 Å². The molecule has 2 nitrogen and oxygen atoms in total. The molecule has 0 aromatic rings. The number of halogens is 1. The summed E-state index contributed by atoms with van der Waals surface area (Å²) in [5, 5.41) is 4.26. The van der Waals surface area contributed by atoms with Gasteiger partial charge in [-0.25, -0.2) is 0 Å². The zero-order chi connectivity index (χ0) is 12.8. The number of alkyl halides is 1. The smallest absolute Gasteiger partial charge is 0.220 e. The zero-order valence-corrected chi connectivity index (χ0v) is 12.9. The van der Waals surface area contributed by atoms with Gasteiger partial charge in [-0.1, -0.05) is 54.5 Å². The van der Waals surface area contributed by atoms with Gasteiger partial charge in [-0.15, -0.1) is 0 Å². The van der Waals surface area contributed by atoms with Crippen molar-refractivity contribution in [3.63, 3.8) is 0 Å². The highest BCUT2D eigenvalue weighted by atomic mass is 79.9. The van der Waals surface area contributed by atoms with Crippen LogP contribution in [0.3, 0.4) is 0 Å². The van der Waals surface area contributed by atoms with Gasteiger partial charge in [0.2, 0.25) is 5.91 Å². The number of amides is 1. The molecule has 2 fully saturated rings. The van der Waals surface area contributed by atoms with E-state index in [1.54, 1.807) is 0 Å². The molecule has 18 heavy (non-hydrogen) atoms. The molecule has 0 saturated heterocycles. The summed E-state index contributed by atoms with van der Waals surface area (Å²) in [6.45, 7) is 0. The maximum atomic E-state index is 12.2. The molecule has 0 radical (unpaired) electrons. The Morgan fingerprint density at radius 3 is 2.28 bits per heavy atom. The largest absolute Gasteiger partial charge is 0.350 e. The summed E-state index contributed by atoms with van der Waals surface area (Å²) in [6.07, 6.45) is 13.4. The highest BCUT2D eigenvalue weighted by Crippen LogP contribution is 2.31. The number of hydrogen-bond donors (Lipinski definition) is 1. The van der Waals surface area contributed by atoms with Crippen molar-refractivity contribution < 1.29 is 4.79 Å². The van der Waals surface area contributed by atoms with Crippen molar-refractivity contribution in [1.29, 1.82) is 0 Å². The number of nitrogens with one attached hydrogen (secondary N) is 1. The molecule has 2 saturated carbocycles. The molecule has 0 unspecified atom stereocenters. The van der Waals surface area contributed by atoms with Crippen molar-refractivity contribution in [1.82, 2.24) is 5.32 Å². The van der Waals surface area contributed by atoms with Crippen molar-refractivity contribution >= 4 is 21.8 Å². The minimum Gasteiger partial charge on any atom is -0.350 e. The van der Waals surface area contributed by atoms with Crippen molar-refractivity contribution in [2.24, 2.45) is 5.92 Å². The molecular weight excluding hydrogens is 290 g/mol. The topological polar surface area (TPSA) is 29.1 Å². The van der Waals surface area contributed by atoms with E-state index in [4.69, 9.17) is 0 Å². The Hall–Kier alpha value is -0.0500. The van der Waals surface area contributed by atoms with E-state index in [0.29, 0.717) is 11.8 Å². The van der Waals surface area contributed by atoms with Crippen LogP contribution in [0.25, 0.3) is 0 Å². The summed E-state index contributed by atoms with van der Waals surface area (Å²) < 4.78 is 0. The van der Waals surface area contributed by atoms with E-state index in [0.717, 1.165) is 24.6 Å². The fraction of sp³-hybridized carbons (Fsp3) is 0.933. The molecule has 0 atom stereocenters. The number of carbonyl (C=O) groups excluding carboxylic acids is 1. The Morgan fingerprint density at radius 1 is 1.06 bits per heavy atom. The van der Waals surface area contributed by atoms with Crippen molar-refractivity contribution in [2.75, 3.05) is 5.33 Å². The molecular formula is C15H26BrNO. The Kier molecular flexibility index (Phi) is 5.53. The molecule has 0 heterocycles. The third kappa shape index (κ3) is 3.97. The normalized spacial score (nSPS) is 24.7. The quantitative estimate of drug-likeness (QED) is 0.775. The molecule has 0 aliphatic heterocycles. The SMILES string of the molecule is O=C(CC1CCCCC1)NC1(CBr)CCCCC1. The molecule has 104 valence electrons. The third-order valence-corrected chi connectivity index (χ3v) is 5.74. The average Bonchev–Trinajstić information content (AvgIpc) is 2.41. The van der Waals surface area contributed by atoms with Gasteiger partial charge in [0.15, 0.2) is 0 Å². The van der Waals surface area contributed by atoms with Crippen LogP contribution in [-0.4, -0.2) is 16.8 Å². The van der Waals surface area contributed by atoms with E-state index in [2.05, 4.69) is 21.2 Å². The molecule has 0 spiro atoms. The van der Waals surface area contributed by atoms with Crippen LogP contribution in [0.5, 0.6) is 0 Å². The molecule has 0 aromatic carbocycles. The van der Waals surface area contributed by atoms with Gasteiger partial charge >= 0.3 is 0 Å². The molecule has 2 aliphatic rings. The Labute approximate surface area is 119 Å². The Morgan fingerprint density at radius 2 is 1.67 bits per heavy atom. The van der Waals surface area contributed by atoms with Gasteiger partial charge in [-0.05, 0) is 31.6 Å².